The molecule has 0 radical (unpaired) electrons. The van der Waals surface area contributed by atoms with Gasteiger partial charge in [-0.1, -0.05) is 19.1 Å². The number of hydrogen-bond acceptors (Lipinski definition) is 2. The third-order valence-electron chi connectivity index (χ3n) is 4.31. The van der Waals surface area contributed by atoms with E-state index in [1.165, 1.54) is 16.6 Å². The van der Waals surface area contributed by atoms with Crippen LogP contribution in [0.2, 0.25) is 0 Å². The number of nitriles is 1. The van der Waals surface area contributed by atoms with Crippen LogP contribution in [0.1, 0.15) is 41.4 Å². The van der Waals surface area contributed by atoms with Gasteiger partial charge >= 0.3 is 0 Å². The molecule has 23 heavy (non-hydrogen) atoms. The number of aryl methyl sites for hydroxylation is 3. The molecular weight excluding hydrogens is 282 g/mol. The fraction of sp³-hybridized carbons (Fsp3) is 0.300. The number of fused-ring (bicyclic) bond motifs is 1. The van der Waals surface area contributed by atoms with E-state index in [2.05, 4.69) is 49.6 Å². The van der Waals surface area contributed by atoms with Crippen molar-refractivity contribution in [3.63, 3.8) is 0 Å². The van der Waals surface area contributed by atoms with E-state index in [9.17, 15) is 0 Å². The lowest BCUT2D eigenvalue weighted by Crippen LogP contribution is -2.05. The summed E-state index contributed by atoms with van der Waals surface area (Å²) < 4.78 is 2.29. The average molecular weight is 303 g/mol. The molecule has 0 amide bonds. The fourth-order valence-electron chi connectivity index (χ4n) is 2.94. The topological polar surface area (TPSA) is 41.6 Å². The summed E-state index contributed by atoms with van der Waals surface area (Å²) in [7, 11) is 0. The molecule has 0 aliphatic rings. The second-order valence-electron chi connectivity index (χ2n) is 6.10. The van der Waals surface area contributed by atoms with Crippen LogP contribution in [0.15, 0.2) is 36.4 Å². The van der Waals surface area contributed by atoms with Gasteiger partial charge in [-0.05, 0) is 61.2 Å². The fourth-order valence-corrected chi connectivity index (χ4v) is 2.94. The summed E-state index contributed by atoms with van der Waals surface area (Å²) >= 11 is 0. The predicted octanol–water partition coefficient (Wildman–Crippen LogP) is 4.53. The Bertz CT molecular complexity index is 897. The largest absolute Gasteiger partial charge is 0.323 e. The first kappa shape index (κ1) is 15.3. The smallest absolute Gasteiger partial charge is 0.110 e. The predicted molar refractivity (Wildman–Crippen MR) is 93.5 cm³/mol. The van der Waals surface area contributed by atoms with Gasteiger partial charge in [0.2, 0.25) is 0 Å². The molecular formula is C20H21N3. The third kappa shape index (κ3) is 2.98. The van der Waals surface area contributed by atoms with Gasteiger partial charge in [-0.25, -0.2) is 4.98 Å². The van der Waals surface area contributed by atoms with Gasteiger partial charge in [0.05, 0.1) is 22.7 Å². The molecule has 0 N–H and O–H groups in total. The Morgan fingerprint density at radius 2 is 1.91 bits per heavy atom. The number of rotatable bonds is 4. The van der Waals surface area contributed by atoms with E-state index < -0.39 is 0 Å². The zero-order valence-electron chi connectivity index (χ0n) is 13.9. The SMILES string of the molecule is CCCc1nc2cc(C)c(C)cc2n1Cc1cccc(C#N)c1. The highest BCUT2D eigenvalue weighted by Gasteiger charge is 2.12. The quantitative estimate of drug-likeness (QED) is 0.710. The van der Waals surface area contributed by atoms with Crippen molar-refractivity contribution in [2.45, 2.75) is 40.2 Å². The van der Waals surface area contributed by atoms with Crippen LogP contribution in [-0.2, 0) is 13.0 Å². The molecule has 0 saturated carbocycles. The minimum absolute atomic E-state index is 0.705. The van der Waals surface area contributed by atoms with Gasteiger partial charge in [-0.3, -0.25) is 0 Å². The normalized spacial score (nSPS) is 10.9. The highest BCUT2D eigenvalue weighted by atomic mass is 15.1. The van der Waals surface area contributed by atoms with Crippen LogP contribution in [-0.4, -0.2) is 9.55 Å². The van der Waals surface area contributed by atoms with Gasteiger partial charge in [-0.15, -0.1) is 0 Å². The van der Waals surface area contributed by atoms with E-state index in [-0.39, 0.29) is 0 Å². The van der Waals surface area contributed by atoms with Gasteiger partial charge in [0.25, 0.3) is 0 Å². The monoisotopic (exact) mass is 303 g/mol. The molecule has 0 atom stereocenters. The first-order valence-electron chi connectivity index (χ1n) is 8.07. The Balaban J connectivity index is 2.12. The summed E-state index contributed by atoms with van der Waals surface area (Å²) in [5.41, 5.74) is 6.64. The van der Waals surface area contributed by atoms with Crippen molar-refractivity contribution in [2.75, 3.05) is 0 Å². The zero-order chi connectivity index (χ0) is 16.4. The van der Waals surface area contributed by atoms with Gasteiger partial charge in [0, 0.05) is 13.0 Å². The maximum atomic E-state index is 9.10. The van der Waals surface area contributed by atoms with E-state index in [4.69, 9.17) is 10.2 Å². The van der Waals surface area contributed by atoms with Crippen molar-refractivity contribution < 1.29 is 0 Å². The zero-order valence-corrected chi connectivity index (χ0v) is 13.9. The van der Waals surface area contributed by atoms with Crippen LogP contribution in [0.25, 0.3) is 11.0 Å². The molecule has 0 aliphatic heterocycles. The van der Waals surface area contributed by atoms with Crippen LogP contribution in [0, 0.1) is 25.2 Å². The molecule has 0 aliphatic carbocycles. The van der Waals surface area contributed by atoms with Crippen molar-refractivity contribution in [1.29, 1.82) is 5.26 Å². The minimum Gasteiger partial charge on any atom is -0.323 e. The maximum Gasteiger partial charge on any atom is 0.110 e. The summed E-state index contributed by atoms with van der Waals surface area (Å²) in [6, 6.07) is 14.4. The van der Waals surface area contributed by atoms with Crippen molar-refractivity contribution in [3.05, 3.63) is 64.5 Å². The van der Waals surface area contributed by atoms with Gasteiger partial charge < -0.3 is 4.57 Å². The lowest BCUT2D eigenvalue weighted by molar-refractivity contribution is 0.721. The second kappa shape index (κ2) is 6.26. The molecule has 0 bridgehead atoms. The molecule has 1 aromatic heterocycles. The highest BCUT2D eigenvalue weighted by Crippen LogP contribution is 2.23. The van der Waals surface area contributed by atoms with Gasteiger partial charge in [-0.2, -0.15) is 5.26 Å². The van der Waals surface area contributed by atoms with E-state index >= 15 is 0 Å². The Morgan fingerprint density at radius 3 is 2.65 bits per heavy atom. The Labute approximate surface area is 137 Å². The van der Waals surface area contributed by atoms with Crippen LogP contribution in [0.5, 0.6) is 0 Å². The Kier molecular flexibility index (Phi) is 4.16. The summed E-state index contributed by atoms with van der Waals surface area (Å²) in [5.74, 6) is 1.12. The lowest BCUT2D eigenvalue weighted by atomic mass is 10.1. The van der Waals surface area contributed by atoms with Crippen molar-refractivity contribution >= 4 is 11.0 Å². The molecule has 2 aromatic carbocycles. The first-order valence-corrected chi connectivity index (χ1v) is 8.07. The minimum atomic E-state index is 0.705. The molecule has 0 saturated heterocycles. The molecule has 116 valence electrons. The molecule has 3 nitrogen and oxygen atoms in total. The first-order chi connectivity index (χ1) is 11.1. The molecule has 3 heteroatoms. The number of benzene rings is 2. The van der Waals surface area contributed by atoms with Crippen LogP contribution < -0.4 is 0 Å². The Morgan fingerprint density at radius 1 is 1.13 bits per heavy atom. The average Bonchev–Trinajstić information content (AvgIpc) is 2.85. The third-order valence-corrected chi connectivity index (χ3v) is 4.31. The Hall–Kier alpha value is -2.60. The maximum absolute atomic E-state index is 9.10. The summed E-state index contributed by atoms with van der Waals surface area (Å²) in [5, 5.41) is 9.10. The van der Waals surface area contributed by atoms with Gasteiger partial charge in [0.1, 0.15) is 5.82 Å². The van der Waals surface area contributed by atoms with E-state index in [1.807, 2.05) is 18.2 Å². The summed E-state index contributed by atoms with van der Waals surface area (Å²) in [4.78, 5) is 4.84. The van der Waals surface area contributed by atoms with Crippen molar-refractivity contribution in [1.82, 2.24) is 9.55 Å². The van der Waals surface area contributed by atoms with Gasteiger partial charge in [0.15, 0.2) is 0 Å². The van der Waals surface area contributed by atoms with E-state index in [1.54, 1.807) is 0 Å². The standard InChI is InChI=1S/C20H21N3/c1-4-6-20-22-18-9-14(2)15(3)10-19(18)23(20)13-17-8-5-7-16(11-17)12-21/h5,7-11H,4,6,13H2,1-3H3. The molecule has 1 heterocycles. The number of hydrogen-bond donors (Lipinski definition) is 0. The van der Waals surface area contributed by atoms with Crippen LogP contribution in [0.3, 0.4) is 0 Å². The number of nitrogens with zero attached hydrogens (tertiary/aromatic N) is 3. The molecule has 3 rings (SSSR count). The molecule has 0 fully saturated rings. The van der Waals surface area contributed by atoms with E-state index in [0.717, 1.165) is 36.3 Å². The van der Waals surface area contributed by atoms with Crippen LogP contribution in [0.4, 0.5) is 0 Å². The molecule has 0 unspecified atom stereocenters. The lowest BCUT2D eigenvalue weighted by Gasteiger charge is -2.10. The molecule has 3 aromatic rings. The second-order valence-corrected chi connectivity index (χ2v) is 6.10. The van der Waals surface area contributed by atoms with E-state index in [0.29, 0.717) is 5.56 Å². The number of imidazole rings is 1. The molecule has 0 spiro atoms. The van der Waals surface area contributed by atoms with Crippen molar-refractivity contribution in [2.24, 2.45) is 0 Å². The highest BCUT2D eigenvalue weighted by molar-refractivity contribution is 5.78. The number of aromatic nitrogens is 2. The summed E-state index contributed by atoms with van der Waals surface area (Å²) in [6.45, 7) is 7.20. The van der Waals surface area contributed by atoms with Crippen molar-refractivity contribution in [3.8, 4) is 6.07 Å². The van der Waals surface area contributed by atoms with Crippen LogP contribution >= 0.6 is 0 Å². The summed E-state index contributed by atoms with van der Waals surface area (Å²) in [6.07, 6.45) is 2.03.